The predicted octanol–water partition coefficient (Wildman–Crippen LogP) is 5.27. The van der Waals surface area contributed by atoms with Crippen LogP contribution in [0.1, 0.15) is 5.56 Å². The van der Waals surface area contributed by atoms with Crippen LogP contribution in [-0.4, -0.2) is 6.36 Å². The molecule has 0 aromatic heterocycles. The molecule has 0 saturated heterocycles. The van der Waals surface area contributed by atoms with Crippen molar-refractivity contribution in [2.24, 2.45) is 0 Å². The average Bonchev–Trinajstić information content (AvgIpc) is 2.36. The maximum absolute atomic E-state index is 13.0. The van der Waals surface area contributed by atoms with Crippen molar-refractivity contribution >= 4 is 0 Å². The molecule has 21 heavy (non-hydrogen) atoms. The van der Waals surface area contributed by atoms with E-state index in [0.29, 0.717) is 6.07 Å². The fraction of sp³-hybridized carbons (Fsp3) is 0.143. The van der Waals surface area contributed by atoms with Crippen LogP contribution in [0, 0.1) is 0 Å². The molecule has 2 aromatic carbocycles. The first-order chi connectivity index (χ1) is 9.68. The van der Waals surface area contributed by atoms with Crippen molar-refractivity contribution in [1.82, 2.24) is 0 Å². The van der Waals surface area contributed by atoms with Crippen molar-refractivity contribution in [3.8, 4) is 16.9 Å². The maximum Gasteiger partial charge on any atom is 0.573 e. The van der Waals surface area contributed by atoms with E-state index in [-0.39, 0.29) is 5.56 Å². The molecule has 7 heteroatoms. The highest BCUT2D eigenvalue weighted by molar-refractivity contribution is 5.74. The van der Waals surface area contributed by atoms with Crippen LogP contribution in [0.25, 0.3) is 11.1 Å². The van der Waals surface area contributed by atoms with Crippen LogP contribution in [0.15, 0.2) is 48.5 Å². The molecule has 2 rings (SSSR count). The van der Waals surface area contributed by atoms with E-state index >= 15 is 0 Å². The van der Waals surface area contributed by atoms with Gasteiger partial charge in [-0.1, -0.05) is 36.4 Å². The normalized spacial score (nSPS) is 12.3. The lowest BCUT2D eigenvalue weighted by molar-refractivity contribution is -0.274. The fourth-order valence-corrected chi connectivity index (χ4v) is 1.88. The van der Waals surface area contributed by atoms with Crippen molar-refractivity contribution in [2.45, 2.75) is 12.5 Å². The van der Waals surface area contributed by atoms with E-state index in [1.165, 1.54) is 24.3 Å². The molecule has 0 atom stereocenters. The van der Waals surface area contributed by atoms with Gasteiger partial charge in [-0.15, -0.1) is 13.2 Å². The number of alkyl halides is 6. The Morgan fingerprint density at radius 1 is 0.714 bits per heavy atom. The third-order valence-electron chi connectivity index (χ3n) is 2.62. The zero-order valence-electron chi connectivity index (χ0n) is 10.3. The lowest BCUT2D eigenvalue weighted by Crippen LogP contribution is -2.19. The highest BCUT2D eigenvalue weighted by atomic mass is 19.4. The van der Waals surface area contributed by atoms with Gasteiger partial charge in [-0.05, 0) is 17.7 Å². The fourth-order valence-electron chi connectivity index (χ4n) is 1.88. The Hall–Kier alpha value is -2.18. The third kappa shape index (κ3) is 3.68. The summed E-state index contributed by atoms with van der Waals surface area (Å²) in [5, 5.41) is 0. The quantitative estimate of drug-likeness (QED) is 0.687. The van der Waals surface area contributed by atoms with Gasteiger partial charge in [-0.3, -0.25) is 0 Å². The molecule has 0 fully saturated rings. The van der Waals surface area contributed by atoms with Gasteiger partial charge >= 0.3 is 12.5 Å². The number of benzene rings is 2. The number of hydrogen-bond acceptors (Lipinski definition) is 1. The van der Waals surface area contributed by atoms with E-state index in [1.54, 1.807) is 6.07 Å². The van der Waals surface area contributed by atoms with Gasteiger partial charge in [0.05, 0.1) is 5.56 Å². The molecule has 0 amide bonds. The maximum atomic E-state index is 13.0. The first-order valence-electron chi connectivity index (χ1n) is 5.70. The van der Waals surface area contributed by atoms with Crippen molar-refractivity contribution in [1.29, 1.82) is 0 Å². The Balaban J connectivity index is 2.67. The van der Waals surface area contributed by atoms with Gasteiger partial charge < -0.3 is 4.74 Å². The molecule has 0 aliphatic rings. The summed E-state index contributed by atoms with van der Waals surface area (Å²) in [6.45, 7) is 0. The average molecular weight is 306 g/mol. The summed E-state index contributed by atoms with van der Waals surface area (Å²) >= 11 is 0. The summed E-state index contributed by atoms with van der Waals surface area (Å²) in [7, 11) is 0. The Labute approximate surface area is 115 Å². The van der Waals surface area contributed by atoms with E-state index in [1.807, 2.05) is 0 Å². The molecular formula is C14H8F6O. The summed E-state index contributed by atoms with van der Waals surface area (Å²) in [5.74, 6) is -0.886. The van der Waals surface area contributed by atoms with Gasteiger partial charge in [0.2, 0.25) is 0 Å². The molecule has 0 saturated carbocycles. The van der Waals surface area contributed by atoms with E-state index < -0.39 is 29.4 Å². The number of hydrogen-bond donors (Lipinski definition) is 0. The molecule has 0 aliphatic carbocycles. The monoisotopic (exact) mass is 306 g/mol. The first-order valence-corrected chi connectivity index (χ1v) is 5.70. The van der Waals surface area contributed by atoms with E-state index in [4.69, 9.17) is 0 Å². The Morgan fingerprint density at radius 3 is 1.86 bits per heavy atom. The number of rotatable bonds is 2. The topological polar surface area (TPSA) is 9.23 Å². The molecule has 1 nitrogen and oxygen atoms in total. The minimum absolute atomic E-state index is 0.00956. The summed E-state index contributed by atoms with van der Waals surface area (Å²) in [6.07, 6.45) is -9.87. The highest BCUT2D eigenvalue weighted by Gasteiger charge is 2.38. The second-order valence-corrected chi connectivity index (χ2v) is 4.09. The Morgan fingerprint density at radius 2 is 1.33 bits per heavy atom. The summed E-state index contributed by atoms with van der Waals surface area (Å²) in [6, 6.07) is 9.41. The van der Waals surface area contributed by atoms with E-state index in [0.717, 1.165) is 12.1 Å². The first kappa shape index (κ1) is 15.2. The largest absolute Gasteiger partial charge is 0.573 e. The van der Waals surface area contributed by atoms with Crippen LogP contribution in [0.3, 0.4) is 0 Å². The summed E-state index contributed by atoms with van der Waals surface area (Å²) < 4.78 is 79.8. The highest BCUT2D eigenvalue weighted by Crippen LogP contribution is 2.43. The molecule has 0 N–H and O–H groups in total. The van der Waals surface area contributed by atoms with E-state index in [2.05, 4.69) is 4.74 Å². The van der Waals surface area contributed by atoms with Crippen molar-refractivity contribution in [3.05, 3.63) is 54.1 Å². The zero-order chi connectivity index (χ0) is 15.7. The zero-order valence-corrected chi connectivity index (χ0v) is 10.3. The summed E-state index contributed by atoms with van der Waals surface area (Å²) in [5.41, 5.74) is -1.83. The molecule has 0 aliphatic heterocycles. The van der Waals surface area contributed by atoms with Gasteiger partial charge in [0.25, 0.3) is 0 Å². The molecular weight excluding hydrogens is 298 g/mol. The van der Waals surface area contributed by atoms with Crippen molar-refractivity contribution in [3.63, 3.8) is 0 Å². The molecule has 0 unspecified atom stereocenters. The minimum Gasteiger partial charge on any atom is -0.405 e. The molecule has 0 bridgehead atoms. The SMILES string of the molecule is FC(F)(F)Oc1cccc(C(F)(F)F)c1-c1ccccc1. The third-order valence-corrected chi connectivity index (χ3v) is 2.62. The van der Waals surface area contributed by atoms with Gasteiger partial charge in [0.1, 0.15) is 5.75 Å². The number of halogens is 6. The van der Waals surface area contributed by atoms with Crippen LogP contribution in [-0.2, 0) is 6.18 Å². The van der Waals surface area contributed by atoms with Gasteiger partial charge in [0.15, 0.2) is 0 Å². The molecule has 2 aromatic rings. The molecule has 112 valence electrons. The van der Waals surface area contributed by atoms with Crippen LogP contribution in [0.2, 0.25) is 0 Å². The Bertz CT molecular complexity index is 616. The van der Waals surface area contributed by atoms with Crippen LogP contribution in [0.4, 0.5) is 26.3 Å². The molecule has 0 spiro atoms. The standard InChI is InChI=1S/C14H8F6O/c15-13(16,17)10-7-4-8-11(21-14(18,19)20)12(10)9-5-2-1-3-6-9/h1-8H. The van der Waals surface area contributed by atoms with Crippen molar-refractivity contribution in [2.75, 3.05) is 0 Å². The van der Waals surface area contributed by atoms with Crippen LogP contribution in [0.5, 0.6) is 5.75 Å². The predicted molar refractivity (Wildman–Crippen MR) is 63.6 cm³/mol. The van der Waals surface area contributed by atoms with Crippen molar-refractivity contribution < 1.29 is 31.1 Å². The molecule has 0 heterocycles. The van der Waals surface area contributed by atoms with Gasteiger partial charge in [0, 0.05) is 5.56 Å². The Kier molecular flexibility index (Phi) is 3.85. The lowest BCUT2D eigenvalue weighted by atomic mass is 9.98. The minimum atomic E-state index is -5.08. The smallest absolute Gasteiger partial charge is 0.405 e. The van der Waals surface area contributed by atoms with E-state index in [9.17, 15) is 26.3 Å². The second-order valence-electron chi connectivity index (χ2n) is 4.09. The van der Waals surface area contributed by atoms with Gasteiger partial charge in [-0.25, -0.2) is 0 Å². The van der Waals surface area contributed by atoms with Gasteiger partial charge in [-0.2, -0.15) is 13.2 Å². The number of ether oxygens (including phenoxy) is 1. The molecule has 0 radical (unpaired) electrons. The van der Waals surface area contributed by atoms with Crippen LogP contribution < -0.4 is 4.74 Å². The summed E-state index contributed by atoms with van der Waals surface area (Å²) in [4.78, 5) is 0. The second kappa shape index (κ2) is 5.31. The lowest BCUT2D eigenvalue weighted by Gasteiger charge is -2.18. The van der Waals surface area contributed by atoms with Crippen LogP contribution >= 0.6 is 0 Å².